The second kappa shape index (κ2) is 6.34. The molecule has 2 aromatic carbocycles. The van der Waals surface area contributed by atoms with Gasteiger partial charge < -0.3 is 10.6 Å². The Hall–Kier alpha value is -1.87. The van der Waals surface area contributed by atoms with E-state index in [0.717, 1.165) is 24.2 Å². The van der Waals surface area contributed by atoms with Crippen molar-refractivity contribution in [3.8, 4) is 0 Å². The Morgan fingerprint density at radius 2 is 1.84 bits per heavy atom. The minimum Gasteiger partial charge on any atom is -0.374 e. The van der Waals surface area contributed by atoms with Crippen molar-refractivity contribution in [2.24, 2.45) is 5.73 Å². The van der Waals surface area contributed by atoms with Gasteiger partial charge in [-0.2, -0.15) is 0 Å². The van der Waals surface area contributed by atoms with Crippen molar-refractivity contribution < 1.29 is 4.39 Å². The van der Waals surface area contributed by atoms with E-state index in [9.17, 15) is 4.39 Å². The van der Waals surface area contributed by atoms with Gasteiger partial charge in [0.25, 0.3) is 0 Å². The average molecular weight is 258 g/mol. The molecule has 0 fully saturated rings. The van der Waals surface area contributed by atoms with Gasteiger partial charge in [0.1, 0.15) is 5.82 Å². The molecule has 0 saturated heterocycles. The molecule has 0 aliphatic heterocycles. The van der Waals surface area contributed by atoms with Crippen LogP contribution in [-0.4, -0.2) is 13.6 Å². The number of benzene rings is 2. The molecule has 0 heterocycles. The SMILES string of the molecule is CN(CCC(N)c1ccccc1)c1cccc(F)c1. The standard InChI is InChI=1S/C16H19FN2/c1-19(15-9-5-8-14(17)12-15)11-10-16(18)13-6-3-2-4-7-13/h2-9,12,16H,10-11,18H2,1H3. The number of nitrogens with two attached hydrogens (primary N) is 1. The third kappa shape index (κ3) is 3.80. The first-order chi connectivity index (χ1) is 9.16. The maximum Gasteiger partial charge on any atom is 0.125 e. The van der Waals surface area contributed by atoms with Gasteiger partial charge in [-0.15, -0.1) is 0 Å². The molecule has 2 nitrogen and oxygen atoms in total. The van der Waals surface area contributed by atoms with Gasteiger partial charge in [-0.3, -0.25) is 0 Å². The van der Waals surface area contributed by atoms with Gasteiger partial charge in [-0.25, -0.2) is 4.39 Å². The topological polar surface area (TPSA) is 29.3 Å². The summed E-state index contributed by atoms with van der Waals surface area (Å²) >= 11 is 0. The van der Waals surface area contributed by atoms with Gasteiger partial charge in [0, 0.05) is 25.3 Å². The lowest BCUT2D eigenvalue weighted by Crippen LogP contribution is -2.23. The molecule has 19 heavy (non-hydrogen) atoms. The van der Waals surface area contributed by atoms with Crippen LogP contribution in [-0.2, 0) is 0 Å². The molecular weight excluding hydrogens is 239 g/mol. The average Bonchev–Trinajstić information content (AvgIpc) is 2.45. The largest absolute Gasteiger partial charge is 0.374 e. The van der Waals surface area contributed by atoms with Gasteiger partial charge in [0.2, 0.25) is 0 Å². The van der Waals surface area contributed by atoms with Crippen LogP contribution in [0, 0.1) is 5.82 Å². The Morgan fingerprint density at radius 3 is 2.53 bits per heavy atom. The second-order valence-electron chi connectivity index (χ2n) is 4.71. The summed E-state index contributed by atoms with van der Waals surface area (Å²) in [6.45, 7) is 0.791. The molecule has 0 spiro atoms. The molecule has 3 heteroatoms. The van der Waals surface area contributed by atoms with Gasteiger partial charge in [0.05, 0.1) is 0 Å². The predicted molar refractivity (Wildman–Crippen MR) is 77.7 cm³/mol. The van der Waals surface area contributed by atoms with E-state index in [1.165, 1.54) is 12.1 Å². The minimum absolute atomic E-state index is 0.0113. The monoisotopic (exact) mass is 258 g/mol. The van der Waals surface area contributed by atoms with E-state index < -0.39 is 0 Å². The van der Waals surface area contributed by atoms with Crippen molar-refractivity contribution in [1.29, 1.82) is 0 Å². The van der Waals surface area contributed by atoms with Crippen molar-refractivity contribution in [3.05, 3.63) is 66.0 Å². The molecule has 0 radical (unpaired) electrons. The molecule has 2 N–H and O–H groups in total. The molecule has 1 atom stereocenters. The zero-order valence-corrected chi connectivity index (χ0v) is 11.1. The number of halogens is 1. The highest BCUT2D eigenvalue weighted by atomic mass is 19.1. The Balaban J connectivity index is 1.92. The fraction of sp³-hybridized carbons (Fsp3) is 0.250. The predicted octanol–water partition coefficient (Wildman–Crippen LogP) is 3.35. The highest BCUT2D eigenvalue weighted by Crippen LogP contribution is 2.17. The summed E-state index contributed by atoms with van der Waals surface area (Å²) in [5, 5.41) is 0. The highest BCUT2D eigenvalue weighted by Gasteiger charge is 2.08. The van der Waals surface area contributed by atoms with Crippen LogP contribution in [0.1, 0.15) is 18.0 Å². The second-order valence-corrected chi connectivity index (χ2v) is 4.71. The van der Waals surface area contributed by atoms with Gasteiger partial charge >= 0.3 is 0 Å². The molecule has 1 unspecified atom stereocenters. The Kier molecular flexibility index (Phi) is 4.53. The number of hydrogen-bond acceptors (Lipinski definition) is 2. The van der Waals surface area contributed by atoms with Gasteiger partial charge in [0.15, 0.2) is 0 Å². The first-order valence-electron chi connectivity index (χ1n) is 6.44. The Labute approximate surface area is 113 Å². The van der Waals surface area contributed by atoms with Gasteiger partial charge in [-0.05, 0) is 30.2 Å². The van der Waals surface area contributed by atoms with E-state index in [1.807, 2.05) is 48.3 Å². The zero-order valence-electron chi connectivity index (χ0n) is 11.1. The number of rotatable bonds is 5. The van der Waals surface area contributed by atoms with Crippen LogP contribution in [0.25, 0.3) is 0 Å². The molecule has 0 aliphatic rings. The molecule has 0 bridgehead atoms. The fourth-order valence-electron chi connectivity index (χ4n) is 2.04. The zero-order chi connectivity index (χ0) is 13.7. The smallest absolute Gasteiger partial charge is 0.125 e. The van der Waals surface area contributed by atoms with Crippen LogP contribution in [0.15, 0.2) is 54.6 Å². The van der Waals surface area contributed by atoms with Crippen molar-refractivity contribution in [2.75, 3.05) is 18.5 Å². The van der Waals surface area contributed by atoms with E-state index in [4.69, 9.17) is 5.73 Å². The Bertz CT molecular complexity index is 513. The molecule has 0 saturated carbocycles. The first-order valence-corrected chi connectivity index (χ1v) is 6.44. The van der Waals surface area contributed by atoms with Crippen LogP contribution in [0.5, 0.6) is 0 Å². The van der Waals surface area contributed by atoms with E-state index in [1.54, 1.807) is 6.07 Å². The Morgan fingerprint density at radius 1 is 1.11 bits per heavy atom. The minimum atomic E-state index is -0.211. The van der Waals surface area contributed by atoms with Crippen LogP contribution in [0.4, 0.5) is 10.1 Å². The summed E-state index contributed by atoms with van der Waals surface area (Å²) in [6.07, 6.45) is 0.830. The maximum atomic E-state index is 13.1. The number of hydrogen-bond donors (Lipinski definition) is 1. The highest BCUT2D eigenvalue weighted by molar-refractivity contribution is 5.45. The lowest BCUT2D eigenvalue weighted by Gasteiger charge is -2.21. The fourth-order valence-corrected chi connectivity index (χ4v) is 2.04. The van der Waals surface area contributed by atoms with Crippen molar-refractivity contribution in [1.82, 2.24) is 0 Å². The van der Waals surface area contributed by atoms with E-state index in [0.29, 0.717) is 0 Å². The first kappa shape index (κ1) is 13.6. The molecule has 2 rings (SSSR count). The van der Waals surface area contributed by atoms with E-state index >= 15 is 0 Å². The molecule has 0 aromatic heterocycles. The summed E-state index contributed by atoms with van der Waals surface area (Å²) in [5.74, 6) is -0.211. The van der Waals surface area contributed by atoms with E-state index in [2.05, 4.69) is 0 Å². The third-order valence-electron chi connectivity index (χ3n) is 3.25. The van der Waals surface area contributed by atoms with Crippen molar-refractivity contribution >= 4 is 5.69 Å². The molecule has 100 valence electrons. The van der Waals surface area contributed by atoms with Crippen LogP contribution >= 0.6 is 0 Å². The number of anilines is 1. The van der Waals surface area contributed by atoms with Crippen molar-refractivity contribution in [2.45, 2.75) is 12.5 Å². The molecule has 0 aliphatic carbocycles. The summed E-state index contributed by atoms with van der Waals surface area (Å²) in [7, 11) is 1.95. The lowest BCUT2D eigenvalue weighted by atomic mass is 10.0. The molecular formula is C16H19FN2. The normalized spacial score (nSPS) is 12.2. The molecule has 2 aromatic rings. The summed E-state index contributed by atoms with van der Waals surface area (Å²) in [6, 6.07) is 16.7. The lowest BCUT2D eigenvalue weighted by molar-refractivity contribution is 0.623. The van der Waals surface area contributed by atoms with Crippen LogP contribution in [0.2, 0.25) is 0 Å². The van der Waals surface area contributed by atoms with Crippen LogP contribution in [0.3, 0.4) is 0 Å². The summed E-state index contributed by atoms with van der Waals surface area (Å²) in [4.78, 5) is 2.02. The summed E-state index contributed by atoms with van der Waals surface area (Å²) < 4.78 is 13.1. The molecule has 0 amide bonds. The maximum absolute atomic E-state index is 13.1. The van der Waals surface area contributed by atoms with Gasteiger partial charge in [-0.1, -0.05) is 36.4 Å². The summed E-state index contributed by atoms with van der Waals surface area (Å²) in [5.41, 5.74) is 8.16. The van der Waals surface area contributed by atoms with Crippen LogP contribution < -0.4 is 10.6 Å². The number of nitrogens with zero attached hydrogens (tertiary/aromatic N) is 1. The van der Waals surface area contributed by atoms with E-state index in [-0.39, 0.29) is 11.9 Å². The third-order valence-corrected chi connectivity index (χ3v) is 3.25. The van der Waals surface area contributed by atoms with Crippen molar-refractivity contribution in [3.63, 3.8) is 0 Å². The quantitative estimate of drug-likeness (QED) is 0.891.